The molecule has 0 amide bonds. The average Bonchev–Trinajstić information content (AvgIpc) is 3.07. The molecular formula is C31H48O7. The van der Waals surface area contributed by atoms with Gasteiger partial charge in [-0.1, -0.05) is 27.7 Å². The van der Waals surface area contributed by atoms with Gasteiger partial charge < -0.3 is 24.8 Å². The molecule has 4 aliphatic carbocycles. The fourth-order valence-electron chi connectivity index (χ4n) is 10.3. The molecule has 0 spiro atoms. The lowest BCUT2D eigenvalue weighted by molar-refractivity contribution is -0.234. The Morgan fingerprint density at radius 2 is 1.74 bits per heavy atom. The zero-order valence-electron chi connectivity index (χ0n) is 24.3. The maximum absolute atomic E-state index is 13.4. The summed E-state index contributed by atoms with van der Waals surface area (Å²) in [6.45, 7) is 13.8. The van der Waals surface area contributed by atoms with Gasteiger partial charge in [0.1, 0.15) is 12.2 Å². The van der Waals surface area contributed by atoms with Crippen LogP contribution in [0.25, 0.3) is 0 Å². The Labute approximate surface area is 227 Å². The topological polar surface area (TPSA) is 113 Å². The zero-order chi connectivity index (χ0) is 28.0. The van der Waals surface area contributed by atoms with Gasteiger partial charge >= 0.3 is 11.9 Å². The fourth-order valence-corrected chi connectivity index (χ4v) is 10.3. The van der Waals surface area contributed by atoms with Crippen molar-refractivity contribution in [1.29, 1.82) is 0 Å². The summed E-state index contributed by atoms with van der Waals surface area (Å²) in [5.74, 6) is -0.294. The normalized spacial score (nSPS) is 50.9. The highest BCUT2D eigenvalue weighted by atomic mass is 16.6. The number of fused-ring (bicyclic) bond motifs is 5. The van der Waals surface area contributed by atoms with Crippen LogP contribution in [0.2, 0.25) is 0 Å². The maximum Gasteiger partial charge on any atom is 0.334 e. The Balaban J connectivity index is 1.57. The molecule has 5 fully saturated rings. The van der Waals surface area contributed by atoms with Crippen molar-refractivity contribution >= 4 is 11.9 Å². The molecule has 38 heavy (non-hydrogen) atoms. The van der Waals surface area contributed by atoms with Gasteiger partial charge in [0, 0.05) is 12.5 Å². The van der Waals surface area contributed by atoms with E-state index in [-0.39, 0.29) is 46.1 Å². The van der Waals surface area contributed by atoms with Crippen molar-refractivity contribution in [2.24, 2.45) is 39.9 Å². The van der Waals surface area contributed by atoms with Crippen molar-refractivity contribution in [2.75, 3.05) is 0 Å². The summed E-state index contributed by atoms with van der Waals surface area (Å²) in [6, 6.07) is 0. The van der Waals surface area contributed by atoms with Gasteiger partial charge in [0.05, 0.1) is 17.8 Å². The van der Waals surface area contributed by atoms with Gasteiger partial charge in [-0.2, -0.15) is 0 Å². The Morgan fingerprint density at radius 3 is 2.34 bits per heavy atom. The van der Waals surface area contributed by atoms with Gasteiger partial charge in [0.25, 0.3) is 0 Å². The number of esters is 2. The summed E-state index contributed by atoms with van der Waals surface area (Å²) in [5, 5.41) is 33.1. The second-order valence-corrected chi connectivity index (χ2v) is 14.6. The summed E-state index contributed by atoms with van der Waals surface area (Å²) in [4.78, 5) is 25.6. The summed E-state index contributed by atoms with van der Waals surface area (Å²) in [5.41, 5.74) is -0.326. The van der Waals surface area contributed by atoms with E-state index in [2.05, 4.69) is 27.7 Å². The number of aliphatic hydroxyl groups is 3. The summed E-state index contributed by atoms with van der Waals surface area (Å²) in [7, 11) is 0. The van der Waals surface area contributed by atoms with Crippen LogP contribution in [0.5, 0.6) is 0 Å². The van der Waals surface area contributed by atoms with Crippen LogP contribution in [-0.4, -0.2) is 57.3 Å². The highest BCUT2D eigenvalue weighted by Gasteiger charge is 2.71. The molecule has 7 heteroatoms. The van der Waals surface area contributed by atoms with Crippen LogP contribution in [0.3, 0.4) is 0 Å². The highest BCUT2D eigenvalue weighted by Crippen LogP contribution is 2.74. The predicted molar refractivity (Wildman–Crippen MR) is 142 cm³/mol. The molecule has 3 N–H and O–H groups in total. The molecule has 7 nitrogen and oxygen atoms in total. The zero-order valence-corrected chi connectivity index (χ0v) is 24.3. The van der Waals surface area contributed by atoms with E-state index < -0.39 is 29.9 Å². The molecule has 0 aromatic carbocycles. The van der Waals surface area contributed by atoms with E-state index in [9.17, 15) is 24.9 Å². The third kappa shape index (κ3) is 3.93. The standard InChI is InChI=1S/C31H48O7/c1-16-19-10-13-30(6)26(29(19,5)12-11-21(16)33)22(34)14-20-25(23(37-17(2)32)15-31(20,30)7)18-8-9-24(28(3,4)36)38-27(18)35/h16,19-24,26,33-34,36H,8-15H2,1-7H3/b25-18-/t16-,19-,20-,21+,22+,23-,24-,26-,29-,30-,31-/m0/s1. The second-order valence-electron chi connectivity index (χ2n) is 14.6. The van der Waals surface area contributed by atoms with Gasteiger partial charge in [-0.3, -0.25) is 4.79 Å². The van der Waals surface area contributed by atoms with Gasteiger partial charge in [-0.25, -0.2) is 4.79 Å². The molecule has 1 heterocycles. The van der Waals surface area contributed by atoms with E-state index in [1.54, 1.807) is 13.8 Å². The van der Waals surface area contributed by atoms with Crippen molar-refractivity contribution in [2.45, 2.75) is 130 Å². The number of carbonyl (C=O) groups excluding carboxylic acids is 2. The summed E-state index contributed by atoms with van der Waals surface area (Å²) >= 11 is 0. The first-order chi connectivity index (χ1) is 17.5. The monoisotopic (exact) mass is 532 g/mol. The minimum absolute atomic E-state index is 0.0603. The van der Waals surface area contributed by atoms with Crippen molar-refractivity contribution < 1.29 is 34.4 Å². The SMILES string of the molecule is CC(=O)O[C@H]1C[C@@]2(C)[C@@H](C[C@@H](O)[C@H]3[C@@]4(C)CC[C@@H](O)[C@@H](C)[C@@H]4CC[C@@]32C)/C1=C1\CC[C@@H](C(C)(C)O)OC1=O. The number of rotatable bonds is 2. The van der Waals surface area contributed by atoms with E-state index in [0.29, 0.717) is 37.2 Å². The quantitative estimate of drug-likeness (QED) is 0.359. The lowest BCUT2D eigenvalue weighted by Gasteiger charge is -2.69. The summed E-state index contributed by atoms with van der Waals surface area (Å²) < 4.78 is 11.7. The molecule has 11 atom stereocenters. The lowest BCUT2D eigenvalue weighted by atomic mass is 9.36. The van der Waals surface area contributed by atoms with Crippen LogP contribution in [0.1, 0.15) is 99.8 Å². The largest absolute Gasteiger partial charge is 0.458 e. The Hall–Kier alpha value is -1.44. The number of hydrogen-bond donors (Lipinski definition) is 3. The Bertz CT molecular complexity index is 1030. The van der Waals surface area contributed by atoms with E-state index >= 15 is 0 Å². The number of ether oxygens (including phenoxy) is 2. The van der Waals surface area contributed by atoms with Crippen LogP contribution in [0, 0.1) is 39.9 Å². The molecule has 5 aliphatic rings. The van der Waals surface area contributed by atoms with E-state index in [1.165, 1.54) is 6.92 Å². The molecular weight excluding hydrogens is 484 g/mol. The lowest BCUT2D eigenvalue weighted by Crippen LogP contribution is -2.65. The van der Waals surface area contributed by atoms with E-state index in [0.717, 1.165) is 31.3 Å². The molecule has 0 radical (unpaired) electrons. The second kappa shape index (κ2) is 9.04. The first-order valence-corrected chi connectivity index (χ1v) is 14.7. The van der Waals surface area contributed by atoms with E-state index in [1.807, 2.05) is 0 Å². The maximum atomic E-state index is 13.4. The predicted octanol–water partition coefficient (Wildman–Crippen LogP) is 4.31. The van der Waals surface area contributed by atoms with Gasteiger partial charge in [0.15, 0.2) is 0 Å². The smallest absolute Gasteiger partial charge is 0.334 e. The van der Waals surface area contributed by atoms with E-state index in [4.69, 9.17) is 9.47 Å². The van der Waals surface area contributed by atoms with Crippen LogP contribution >= 0.6 is 0 Å². The van der Waals surface area contributed by atoms with Crippen LogP contribution in [0.4, 0.5) is 0 Å². The average molecular weight is 533 g/mol. The Kier molecular flexibility index (Phi) is 6.68. The minimum Gasteiger partial charge on any atom is -0.458 e. The fraction of sp³-hybridized carbons (Fsp3) is 0.871. The Morgan fingerprint density at radius 1 is 1.05 bits per heavy atom. The first-order valence-electron chi connectivity index (χ1n) is 14.7. The van der Waals surface area contributed by atoms with Crippen LogP contribution < -0.4 is 0 Å². The van der Waals surface area contributed by atoms with Crippen LogP contribution in [-0.2, 0) is 19.1 Å². The molecule has 0 aromatic rings. The molecule has 1 saturated heterocycles. The third-order valence-electron chi connectivity index (χ3n) is 12.3. The molecule has 0 aromatic heterocycles. The molecule has 214 valence electrons. The number of hydrogen-bond acceptors (Lipinski definition) is 7. The van der Waals surface area contributed by atoms with Crippen molar-refractivity contribution in [3.8, 4) is 0 Å². The summed E-state index contributed by atoms with van der Waals surface area (Å²) in [6.07, 6.45) is 3.74. The number of cyclic esters (lactones) is 1. The van der Waals surface area contributed by atoms with Crippen molar-refractivity contribution in [1.82, 2.24) is 0 Å². The van der Waals surface area contributed by atoms with Crippen LogP contribution in [0.15, 0.2) is 11.1 Å². The molecule has 5 rings (SSSR count). The van der Waals surface area contributed by atoms with Gasteiger partial charge in [0.2, 0.25) is 0 Å². The number of aliphatic hydroxyl groups excluding tert-OH is 2. The van der Waals surface area contributed by atoms with Crippen molar-refractivity contribution in [3.05, 3.63) is 11.1 Å². The number of carbonyl (C=O) groups is 2. The molecule has 1 aliphatic heterocycles. The minimum atomic E-state index is -1.13. The molecule has 0 bridgehead atoms. The van der Waals surface area contributed by atoms with Gasteiger partial charge in [-0.15, -0.1) is 0 Å². The highest BCUT2D eigenvalue weighted by molar-refractivity contribution is 5.91. The van der Waals surface area contributed by atoms with Crippen molar-refractivity contribution in [3.63, 3.8) is 0 Å². The first kappa shape index (κ1) is 28.1. The third-order valence-corrected chi connectivity index (χ3v) is 12.3. The molecule has 4 saturated carbocycles. The molecule has 0 unspecified atom stereocenters. The van der Waals surface area contributed by atoms with Gasteiger partial charge in [-0.05, 0) is 111 Å².